The van der Waals surface area contributed by atoms with Crippen molar-refractivity contribution in [2.45, 2.75) is 19.9 Å². The van der Waals surface area contributed by atoms with Crippen molar-refractivity contribution < 1.29 is 17.9 Å². The minimum atomic E-state index is -3.71. The molecule has 1 aliphatic rings. The Bertz CT molecular complexity index is 1010. The van der Waals surface area contributed by atoms with Gasteiger partial charge in [-0.25, -0.2) is 8.42 Å². The highest BCUT2D eigenvalue weighted by Crippen LogP contribution is 2.27. The number of sulfonamides is 1. The van der Waals surface area contributed by atoms with Crippen LogP contribution in [0.15, 0.2) is 42.5 Å². The van der Waals surface area contributed by atoms with Gasteiger partial charge in [0.25, 0.3) is 0 Å². The summed E-state index contributed by atoms with van der Waals surface area (Å²) in [7, 11) is -3.71. The number of nitrogens with zero attached hydrogens (tertiary/aromatic N) is 2. The van der Waals surface area contributed by atoms with E-state index < -0.39 is 22.0 Å². The maximum absolute atomic E-state index is 12.8. The highest BCUT2D eigenvalue weighted by molar-refractivity contribution is 7.92. The van der Waals surface area contributed by atoms with Crippen LogP contribution >= 0.6 is 11.6 Å². The number of rotatable bonds is 6. The number of ether oxygens (including phenoxy) is 1. The molecule has 3 rings (SSSR count). The third-order valence-electron chi connectivity index (χ3n) is 5.01. The topological polar surface area (TPSA) is 79.0 Å². The molecule has 1 heterocycles. The molecule has 2 aromatic carbocycles. The average molecular weight is 452 g/mol. The van der Waals surface area contributed by atoms with E-state index in [1.54, 1.807) is 25.1 Å². The normalized spacial score (nSPS) is 15.5. The molecule has 162 valence electrons. The molecule has 1 amide bonds. The number of hydrogen-bond donors (Lipinski definition) is 1. The van der Waals surface area contributed by atoms with Crippen LogP contribution in [0.1, 0.15) is 12.5 Å². The summed E-state index contributed by atoms with van der Waals surface area (Å²) >= 11 is 6.17. The van der Waals surface area contributed by atoms with Crippen molar-refractivity contribution in [3.05, 3.63) is 53.1 Å². The number of amides is 1. The number of aryl methyl sites for hydroxylation is 1. The van der Waals surface area contributed by atoms with Crippen molar-refractivity contribution >= 4 is 44.6 Å². The number of carbonyl (C=O) groups excluding carboxylic acids is 1. The fourth-order valence-corrected chi connectivity index (χ4v) is 4.69. The third-order valence-corrected chi connectivity index (χ3v) is 6.66. The van der Waals surface area contributed by atoms with Gasteiger partial charge in [-0.2, -0.15) is 0 Å². The van der Waals surface area contributed by atoms with Gasteiger partial charge in [0.05, 0.1) is 25.2 Å². The van der Waals surface area contributed by atoms with Crippen LogP contribution in [-0.2, 0) is 19.6 Å². The quantitative estimate of drug-likeness (QED) is 0.729. The van der Waals surface area contributed by atoms with Crippen molar-refractivity contribution in [3.8, 4) is 0 Å². The van der Waals surface area contributed by atoms with Gasteiger partial charge in [0.1, 0.15) is 6.04 Å². The summed E-state index contributed by atoms with van der Waals surface area (Å²) in [5, 5.41) is 3.24. The largest absolute Gasteiger partial charge is 0.378 e. The van der Waals surface area contributed by atoms with Crippen molar-refractivity contribution in [1.29, 1.82) is 0 Å². The maximum atomic E-state index is 12.8. The Hall–Kier alpha value is -2.29. The molecule has 0 bridgehead atoms. The first-order valence-electron chi connectivity index (χ1n) is 9.66. The lowest BCUT2D eigenvalue weighted by Crippen LogP contribution is -2.45. The SMILES string of the molecule is Cc1ccc(N([C@H](C)C(=O)Nc2ccc(N3CCOCC3)cc2)S(C)(=O)=O)cc1Cl. The van der Waals surface area contributed by atoms with Crippen molar-refractivity contribution in [1.82, 2.24) is 0 Å². The van der Waals surface area contributed by atoms with Crippen LogP contribution in [0.3, 0.4) is 0 Å². The Morgan fingerprint density at radius 3 is 2.37 bits per heavy atom. The molecule has 0 radical (unpaired) electrons. The predicted octanol–water partition coefficient (Wildman–Crippen LogP) is 3.28. The van der Waals surface area contributed by atoms with E-state index in [9.17, 15) is 13.2 Å². The Morgan fingerprint density at radius 2 is 1.80 bits per heavy atom. The molecule has 1 N–H and O–H groups in total. The summed E-state index contributed by atoms with van der Waals surface area (Å²) < 4.78 is 31.3. The molecule has 30 heavy (non-hydrogen) atoms. The van der Waals surface area contributed by atoms with Crippen LogP contribution in [0.4, 0.5) is 17.1 Å². The number of carbonyl (C=O) groups is 1. The van der Waals surface area contributed by atoms with Gasteiger partial charge in [-0.3, -0.25) is 9.10 Å². The van der Waals surface area contributed by atoms with Crippen molar-refractivity contribution in [3.63, 3.8) is 0 Å². The zero-order chi connectivity index (χ0) is 21.9. The van der Waals surface area contributed by atoms with Crippen LogP contribution in [0.5, 0.6) is 0 Å². The lowest BCUT2D eigenvalue weighted by molar-refractivity contribution is -0.116. The van der Waals surface area contributed by atoms with E-state index in [-0.39, 0.29) is 0 Å². The Morgan fingerprint density at radius 1 is 1.17 bits per heavy atom. The summed E-state index contributed by atoms with van der Waals surface area (Å²) in [6, 6.07) is 11.4. The van der Waals surface area contributed by atoms with E-state index in [1.807, 2.05) is 31.2 Å². The van der Waals surface area contributed by atoms with Gasteiger partial charge in [-0.15, -0.1) is 0 Å². The second-order valence-corrected chi connectivity index (χ2v) is 9.57. The summed E-state index contributed by atoms with van der Waals surface area (Å²) in [4.78, 5) is 15.0. The Labute approximate surface area is 182 Å². The molecule has 0 aliphatic carbocycles. The number of halogens is 1. The Kier molecular flexibility index (Phi) is 6.90. The number of morpholine rings is 1. The first kappa shape index (κ1) is 22.4. The maximum Gasteiger partial charge on any atom is 0.247 e. The average Bonchev–Trinajstić information content (AvgIpc) is 2.71. The number of benzene rings is 2. The molecule has 0 aromatic heterocycles. The fraction of sp³-hybridized carbons (Fsp3) is 0.381. The molecule has 2 aromatic rings. The van der Waals surface area contributed by atoms with Gasteiger partial charge in [0.2, 0.25) is 15.9 Å². The molecule has 7 nitrogen and oxygen atoms in total. The second kappa shape index (κ2) is 9.24. The number of anilines is 3. The van der Waals surface area contributed by atoms with E-state index in [1.165, 1.54) is 0 Å². The summed E-state index contributed by atoms with van der Waals surface area (Å²) in [5.41, 5.74) is 2.82. The van der Waals surface area contributed by atoms with E-state index in [0.29, 0.717) is 29.6 Å². The van der Waals surface area contributed by atoms with E-state index in [4.69, 9.17) is 16.3 Å². The van der Waals surface area contributed by atoms with Crippen LogP contribution in [0.25, 0.3) is 0 Å². The molecule has 1 aliphatic heterocycles. The molecule has 1 saturated heterocycles. The molecule has 1 fully saturated rings. The minimum Gasteiger partial charge on any atom is -0.378 e. The molecular weight excluding hydrogens is 426 g/mol. The van der Waals surface area contributed by atoms with E-state index in [0.717, 1.165) is 34.9 Å². The summed E-state index contributed by atoms with van der Waals surface area (Å²) in [6.07, 6.45) is 1.07. The van der Waals surface area contributed by atoms with Crippen LogP contribution in [0.2, 0.25) is 5.02 Å². The van der Waals surface area contributed by atoms with Gasteiger partial charge >= 0.3 is 0 Å². The van der Waals surface area contributed by atoms with Crippen LogP contribution in [0, 0.1) is 6.92 Å². The van der Waals surface area contributed by atoms with Gasteiger partial charge in [-0.1, -0.05) is 17.7 Å². The molecule has 0 saturated carbocycles. The van der Waals surface area contributed by atoms with Crippen LogP contribution in [-0.4, -0.2) is 52.9 Å². The second-order valence-electron chi connectivity index (χ2n) is 7.30. The highest BCUT2D eigenvalue weighted by Gasteiger charge is 2.29. The molecule has 9 heteroatoms. The summed E-state index contributed by atoms with van der Waals surface area (Å²) in [6.45, 7) is 6.41. The van der Waals surface area contributed by atoms with Gasteiger partial charge in [-0.05, 0) is 55.8 Å². The molecular formula is C21H26ClN3O4S. The number of hydrogen-bond acceptors (Lipinski definition) is 5. The highest BCUT2D eigenvalue weighted by atomic mass is 35.5. The van der Waals surface area contributed by atoms with Gasteiger partial charge < -0.3 is 15.0 Å². The van der Waals surface area contributed by atoms with Crippen molar-refractivity contribution in [2.24, 2.45) is 0 Å². The monoisotopic (exact) mass is 451 g/mol. The zero-order valence-corrected chi connectivity index (χ0v) is 18.8. The lowest BCUT2D eigenvalue weighted by atomic mass is 10.2. The standard InChI is InChI=1S/C21H26ClN3O4S/c1-15-4-7-19(14-20(15)22)25(30(3,27)28)16(2)21(26)23-17-5-8-18(9-6-17)24-10-12-29-13-11-24/h4-9,14,16H,10-13H2,1-3H3,(H,23,26)/t16-/m1/s1. The Balaban J connectivity index is 1.76. The van der Waals surface area contributed by atoms with Gasteiger partial charge in [0, 0.05) is 29.5 Å². The summed E-state index contributed by atoms with van der Waals surface area (Å²) in [5.74, 6) is -0.434. The molecule has 0 unspecified atom stereocenters. The third kappa shape index (κ3) is 5.24. The molecule has 1 atom stereocenters. The van der Waals surface area contributed by atoms with Crippen LogP contribution < -0.4 is 14.5 Å². The van der Waals surface area contributed by atoms with E-state index >= 15 is 0 Å². The zero-order valence-electron chi connectivity index (χ0n) is 17.3. The molecule has 0 spiro atoms. The first-order valence-corrected chi connectivity index (χ1v) is 11.9. The lowest BCUT2D eigenvalue weighted by Gasteiger charge is -2.29. The fourth-order valence-electron chi connectivity index (χ4n) is 3.35. The van der Waals surface area contributed by atoms with Crippen molar-refractivity contribution in [2.75, 3.05) is 47.1 Å². The predicted molar refractivity (Wildman–Crippen MR) is 121 cm³/mol. The van der Waals surface area contributed by atoms with Gasteiger partial charge in [0.15, 0.2) is 0 Å². The minimum absolute atomic E-state index is 0.346. The first-order chi connectivity index (χ1) is 14.2. The number of nitrogens with one attached hydrogen (secondary N) is 1. The van der Waals surface area contributed by atoms with E-state index in [2.05, 4.69) is 10.2 Å². The smallest absolute Gasteiger partial charge is 0.247 e.